The van der Waals surface area contributed by atoms with Crippen LogP contribution in [0.3, 0.4) is 0 Å². The second-order valence-electron chi connectivity index (χ2n) is 5.40. The standard InChI is InChI=1S/C14H24N4O/c1-11-6-3-4-8-18(11)9-5-7-15-14(19)13-10-16-17-12(13)2/h10-11H,3-9H2,1-2H3,(H,15,19)(H,16,17). The highest BCUT2D eigenvalue weighted by molar-refractivity contribution is 5.94. The van der Waals surface area contributed by atoms with Crippen molar-refractivity contribution in [2.24, 2.45) is 0 Å². The van der Waals surface area contributed by atoms with Gasteiger partial charge in [0, 0.05) is 24.8 Å². The molecule has 2 heterocycles. The Labute approximate surface area is 114 Å². The number of H-pyrrole nitrogens is 1. The van der Waals surface area contributed by atoms with E-state index in [0.717, 1.165) is 25.2 Å². The molecule has 1 amide bonds. The SMILES string of the molecule is Cc1[nH]ncc1C(=O)NCCCN1CCCCC1C. The van der Waals surface area contributed by atoms with Gasteiger partial charge in [-0.15, -0.1) is 0 Å². The highest BCUT2D eigenvalue weighted by Gasteiger charge is 2.17. The second-order valence-corrected chi connectivity index (χ2v) is 5.40. The molecule has 1 fully saturated rings. The van der Waals surface area contributed by atoms with E-state index in [4.69, 9.17) is 0 Å². The monoisotopic (exact) mass is 264 g/mol. The van der Waals surface area contributed by atoms with Crippen LogP contribution in [0.25, 0.3) is 0 Å². The average Bonchev–Trinajstić information content (AvgIpc) is 2.82. The normalized spacial score (nSPS) is 20.4. The number of aryl methyl sites for hydroxylation is 1. The van der Waals surface area contributed by atoms with Gasteiger partial charge in [0.15, 0.2) is 0 Å². The van der Waals surface area contributed by atoms with Gasteiger partial charge in [-0.2, -0.15) is 5.10 Å². The maximum atomic E-state index is 11.9. The summed E-state index contributed by atoms with van der Waals surface area (Å²) in [5.74, 6) is -0.0297. The molecule has 1 aliphatic heterocycles. The van der Waals surface area contributed by atoms with Crippen molar-refractivity contribution in [3.63, 3.8) is 0 Å². The number of hydrogen-bond donors (Lipinski definition) is 2. The number of nitrogens with zero attached hydrogens (tertiary/aromatic N) is 2. The maximum Gasteiger partial charge on any atom is 0.254 e. The van der Waals surface area contributed by atoms with E-state index in [1.54, 1.807) is 6.20 Å². The molecule has 0 radical (unpaired) electrons. The third-order valence-electron chi connectivity index (χ3n) is 3.92. The van der Waals surface area contributed by atoms with Crippen LogP contribution in [0, 0.1) is 6.92 Å². The number of rotatable bonds is 5. The highest BCUT2D eigenvalue weighted by atomic mass is 16.1. The molecule has 0 spiro atoms. The fourth-order valence-corrected chi connectivity index (χ4v) is 2.65. The Morgan fingerprint density at radius 1 is 1.58 bits per heavy atom. The molecule has 5 heteroatoms. The summed E-state index contributed by atoms with van der Waals surface area (Å²) in [6.07, 6.45) is 6.56. The van der Waals surface area contributed by atoms with Crippen LogP contribution in [0.2, 0.25) is 0 Å². The number of carbonyl (C=O) groups is 1. The zero-order valence-electron chi connectivity index (χ0n) is 11.9. The molecule has 2 N–H and O–H groups in total. The lowest BCUT2D eigenvalue weighted by Gasteiger charge is -2.33. The van der Waals surface area contributed by atoms with Crippen molar-refractivity contribution in [1.82, 2.24) is 20.4 Å². The molecule has 0 bridgehead atoms. The molecule has 1 saturated heterocycles. The van der Waals surface area contributed by atoms with Crippen LogP contribution in [-0.4, -0.2) is 46.7 Å². The first-order chi connectivity index (χ1) is 9.18. The third-order valence-corrected chi connectivity index (χ3v) is 3.92. The summed E-state index contributed by atoms with van der Waals surface area (Å²) in [5, 5.41) is 9.59. The summed E-state index contributed by atoms with van der Waals surface area (Å²) in [5.41, 5.74) is 1.47. The van der Waals surface area contributed by atoms with Crippen LogP contribution in [0.1, 0.15) is 48.7 Å². The van der Waals surface area contributed by atoms with Crippen molar-refractivity contribution in [3.05, 3.63) is 17.5 Å². The number of hydrogen-bond acceptors (Lipinski definition) is 3. The first-order valence-corrected chi connectivity index (χ1v) is 7.20. The Balaban J connectivity index is 1.67. The molecule has 1 atom stereocenters. The van der Waals surface area contributed by atoms with Gasteiger partial charge >= 0.3 is 0 Å². The molecule has 0 aliphatic carbocycles. The Morgan fingerprint density at radius 2 is 2.42 bits per heavy atom. The zero-order chi connectivity index (χ0) is 13.7. The van der Waals surface area contributed by atoms with E-state index in [1.165, 1.54) is 25.8 Å². The summed E-state index contributed by atoms with van der Waals surface area (Å²) in [7, 11) is 0. The number of likely N-dealkylation sites (tertiary alicyclic amines) is 1. The maximum absolute atomic E-state index is 11.9. The van der Waals surface area contributed by atoms with Crippen LogP contribution in [0.5, 0.6) is 0 Å². The summed E-state index contributed by atoms with van der Waals surface area (Å²) >= 11 is 0. The summed E-state index contributed by atoms with van der Waals surface area (Å²) in [6.45, 7) is 7.17. The molecule has 0 aromatic carbocycles. The Morgan fingerprint density at radius 3 is 3.11 bits per heavy atom. The lowest BCUT2D eigenvalue weighted by Crippen LogP contribution is -2.39. The average molecular weight is 264 g/mol. The minimum atomic E-state index is -0.0297. The quantitative estimate of drug-likeness (QED) is 0.796. The third kappa shape index (κ3) is 3.80. The largest absolute Gasteiger partial charge is 0.352 e. The topological polar surface area (TPSA) is 61.0 Å². The number of aromatic nitrogens is 2. The van der Waals surface area contributed by atoms with E-state index in [-0.39, 0.29) is 5.91 Å². The van der Waals surface area contributed by atoms with E-state index in [1.807, 2.05) is 6.92 Å². The van der Waals surface area contributed by atoms with Crippen molar-refractivity contribution < 1.29 is 4.79 Å². The molecule has 2 rings (SSSR count). The molecular formula is C14H24N4O. The fourth-order valence-electron chi connectivity index (χ4n) is 2.65. The number of carbonyl (C=O) groups excluding carboxylic acids is 1. The van der Waals surface area contributed by atoms with Crippen LogP contribution in [0.4, 0.5) is 0 Å². The van der Waals surface area contributed by atoms with E-state index >= 15 is 0 Å². The molecule has 106 valence electrons. The molecule has 19 heavy (non-hydrogen) atoms. The molecule has 1 aromatic rings. The number of aromatic amines is 1. The molecule has 1 aliphatic rings. The van der Waals surface area contributed by atoms with Gasteiger partial charge in [0.05, 0.1) is 11.8 Å². The molecule has 0 saturated carbocycles. The van der Waals surface area contributed by atoms with Gasteiger partial charge in [0.1, 0.15) is 0 Å². The summed E-state index contributed by atoms with van der Waals surface area (Å²) < 4.78 is 0. The Kier molecular flexibility index (Phi) is 4.96. The molecule has 1 aromatic heterocycles. The van der Waals surface area contributed by atoms with Crippen molar-refractivity contribution >= 4 is 5.91 Å². The lowest BCUT2D eigenvalue weighted by atomic mass is 10.0. The predicted molar refractivity (Wildman–Crippen MR) is 75.2 cm³/mol. The summed E-state index contributed by atoms with van der Waals surface area (Å²) in [4.78, 5) is 14.4. The first kappa shape index (κ1) is 14.1. The van der Waals surface area contributed by atoms with Gasteiger partial charge < -0.3 is 10.2 Å². The van der Waals surface area contributed by atoms with Crippen LogP contribution >= 0.6 is 0 Å². The van der Waals surface area contributed by atoms with Gasteiger partial charge in [-0.1, -0.05) is 6.42 Å². The smallest absolute Gasteiger partial charge is 0.254 e. The van der Waals surface area contributed by atoms with E-state index in [0.29, 0.717) is 11.6 Å². The fraction of sp³-hybridized carbons (Fsp3) is 0.714. The van der Waals surface area contributed by atoms with Gasteiger partial charge in [-0.05, 0) is 39.7 Å². The van der Waals surface area contributed by atoms with Crippen LogP contribution in [0.15, 0.2) is 6.20 Å². The zero-order valence-corrected chi connectivity index (χ0v) is 11.9. The van der Waals surface area contributed by atoms with Gasteiger partial charge in [-0.25, -0.2) is 0 Å². The van der Waals surface area contributed by atoms with E-state index in [9.17, 15) is 4.79 Å². The van der Waals surface area contributed by atoms with Gasteiger partial charge in [-0.3, -0.25) is 9.89 Å². The molecule has 5 nitrogen and oxygen atoms in total. The van der Waals surface area contributed by atoms with Crippen LogP contribution in [-0.2, 0) is 0 Å². The predicted octanol–water partition coefficient (Wildman–Crippen LogP) is 1.71. The van der Waals surface area contributed by atoms with Crippen molar-refractivity contribution in [1.29, 1.82) is 0 Å². The number of amides is 1. The lowest BCUT2D eigenvalue weighted by molar-refractivity contribution is 0.0948. The molecular weight excluding hydrogens is 240 g/mol. The first-order valence-electron chi connectivity index (χ1n) is 7.20. The minimum absolute atomic E-state index is 0.0297. The van der Waals surface area contributed by atoms with E-state index < -0.39 is 0 Å². The van der Waals surface area contributed by atoms with Crippen molar-refractivity contribution in [2.75, 3.05) is 19.6 Å². The summed E-state index contributed by atoms with van der Waals surface area (Å²) in [6, 6.07) is 0.695. The van der Waals surface area contributed by atoms with Gasteiger partial charge in [0.25, 0.3) is 5.91 Å². The number of piperidine rings is 1. The van der Waals surface area contributed by atoms with Gasteiger partial charge in [0.2, 0.25) is 0 Å². The van der Waals surface area contributed by atoms with Crippen molar-refractivity contribution in [2.45, 2.75) is 45.6 Å². The second kappa shape index (κ2) is 6.70. The number of nitrogens with one attached hydrogen (secondary N) is 2. The highest BCUT2D eigenvalue weighted by Crippen LogP contribution is 2.16. The minimum Gasteiger partial charge on any atom is -0.352 e. The van der Waals surface area contributed by atoms with Crippen LogP contribution < -0.4 is 5.32 Å². The molecule has 1 unspecified atom stereocenters. The van der Waals surface area contributed by atoms with Crippen molar-refractivity contribution in [3.8, 4) is 0 Å². The van der Waals surface area contributed by atoms with E-state index in [2.05, 4.69) is 27.3 Å². The Bertz CT molecular complexity index is 415. The Hall–Kier alpha value is -1.36.